The predicted octanol–water partition coefficient (Wildman–Crippen LogP) is 2.53. The van der Waals surface area contributed by atoms with Gasteiger partial charge in [0.15, 0.2) is 0 Å². The first-order valence-corrected chi connectivity index (χ1v) is 8.67. The quantitative estimate of drug-likeness (QED) is 0.461. The van der Waals surface area contributed by atoms with E-state index >= 15 is 0 Å². The fourth-order valence-electron chi connectivity index (χ4n) is 2.66. The molecule has 0 aliphatic heterocycles. The van der Waals surface area contributed by atoms with Crippen LogP contribution >= 0.6 is 0 Å². The van der Waals surface area contributed by atoms with Gasteiger partial charge in [0.25, 0.3) is 5.69 Å². The lowest BCUT2D eigenvalue weighted by molar-refractivity contribution is -0.384. The number of nitrogens with one attached hydrogen (secondary N) is 2. The molecule has 1 aromatic carbocycles. The molecule has 0 saturated carbocycles. The highest BCUT2D eigenvalue weighted by atomic mass is 16.6. The maximum atomic E-state index is 12.8. The number of carbonyl (C=O) groups excluding carboxylic acids is 1. The number of hydrogen-bond acceptors (Lipinski definition) is 6. The lowest BCUT2D eigenvalue weighted by Crippen LogP contribution is -2.37. The molecule has 2 heterocycles. The van der Waals surface area contributed by atoms with E-state index in [1.165, 1.54) is 12.1 Å². The van der Waals surface area contributed by atoms with Crippen LogP contribution in [-0.2, 0) is 17.9 Å². The number of benzene rings is 1. The van der Waals surface area contributed by atoms with Crippen LogP contribution in [-0.4, -0.2) is 20.8 Å². The van der Waals surface area contributed by atoms with Gasteiger partial charge < -0.3 is 5.32 Å². The number of amides is 1. The zero-order chi connectivity index (χ0) is 19.8. The normalized spacial score (nSPS) is 11.6. The first-order chi connectivity index (χ1) is 13.6. The number of non-ortho nitro benzene ring substituents is 1. The Hall–Kier alpha value is -3.65. The van der Waals surface area contributed by atoms with E-state index < -0.39 is 11.0 Å². The van der Waals surface area contributed by atoms with E-state index in [1.807, 2.05) is 24.3 Å². The van der Waals surface area contributed by atoms with Crippen molar-refractivity contribution in [2.45, 2.75) is 19.1 Å². The van der Waals surface area contributed by atoms with Gasteiger partial charge in [-0.05, 0) is 34.9 Å². The molecule has 8 nitrogen and oxygen atoms in total. The molecule has 3 aromatic rings. The SMILES string of the molecule is O=C(NCc1ccncc1)C(NCc1cccnc1)c1ccc([N+](=O)[O-])cc1. The van der Waals surface area contributed by atoms with Crippen molar-refractivity contribution in [3.8, 4) is 0 Å². The van der Waals surface area contributed by atoms with Crippen molar-refractivity contribution in [1.82, 2.24) is 20.6 Å². The van der Waals surface area contributed by atoms with E-state index in [9.17, 15) is 14.9 Å². The van der Waals surface area contributed by atoms with E-state index in [0.29, 0.717) is 18.7 Å². The van der Waals surface area contributed by atoms with Crippen LogP contribution in [0.5, 0.6) is 0 Å². The Labute approximate surface area is 161 Å². The monoisotopic (exact) mass is 377 g/mol. The number of pyridine rings is 2. The van der Waals surface area contributed by atoms with Crippen LogP contribution in [0.3, 0.4) is 0 Å². The number of carbonyl (C=O) groups is 1. The molecule has 28 heavy (non-hydrogen) atoms. The van der Waals surface area contributed by atoms with Crippen molar-refractivity contribution in [2.24, 2.45) is 0 Å². The summed E-state index contributed by atoms with van der Waals surface area (Å²) in [7, 11) is 0. The van der Waals surface area contributed by atoms with Crippen LogP contribution in [0.4, 0.5) is 5.69 Å². The van der Waals surface area contributed by atoms with Gasteiger partial charge in [-0.3, -0.25) is 30.2 Å². The average molecular weight is 377 g/mol. The van der Waals surface area contributed by atoms with Gasteiger partial charge in [-0.1, -0.05) is 18.2 Å². The van der Waals surface area contributed by atoms with E-state index in [-0.39, 0.29) is 11.6 Å². The second-order valence-electron chi connectivity index (χ2n) is 6.10. The van der Waals surface area contributed by atoms with Crippen molar-refractivity contribution in [2.75, 3.05) is 0 Å². The molecule has 2 aromatic heterocycles. The molecule has 1 amide bonds. The highest BCUT2D eigenvalue weighted by molar-refractivity contribution is 5.83. The number of rotatable bonds is 8. The summed E-state index contributed by atoms with van der Waals surface area (Å²) in [6.07, 6.45) is 6.72. The fourth-order valence-corrected chi connectivity index (χ4v) is 2.66. The Morgan fingerprint density at radius 3 is 2.36 bits per heavy atom. The zero-order valence-corrected chi connectivity index (χ0v) is 15.0. The van der Waals surface area contributed by atoms with Gasteiger partial charge in [0, 0.05) is 50.0 Å². The van der Waals surface area contributed by atoms with E-state index in [1.54, 1.807) is 36.9 Å². The first kappa shape index (κ1) is 19.1. The maximum Gasteiger partial charge on any atom is 0.269 e. The molecule has 0 aliphatic carbocycles. The van der Waals surface area contributed by atoms with Gasteiger partial charge in [0.2, 0.25) is 5.91 Å². The summed E-state index contributed by atoms with van der Waals surface area (Å²) in [5.41, 5.74) is 2.48. The highest BCUT2D eigenvalue weighted by Gasteiger charge is 2.21. The molecular weight excluding hydrogens is 358 g/mol. The topological polar surface area (TPSA) is 110 Å². The smallest absolute Gasteiger partial charge is 0.269 e. The Balaban J connectivity index is 1.74. The predicted molar refractivity (Wildman–Crippen MR) is 103 cm³/mol. The lowest BCUT2D eigenvalue weighted by Gasteiger charge is -2.19. The summed E-state index contributed by atoms with van der Waals surface area (Å²) in [5.74, 6) is -0.227. The standard InChI is InChI=1S/C20H19N5O3/c26-20(24-13-15-7-10-21-11-8-15)19(23-14-16-2-1-9-22-12-16)17-3-5-18(6-4-17)25(27)28/h1-12,19,23H,13-14H2,(H,24,26). The number of aromatic nitrogens is 2. The zero-order valence-electron chi connectivity index (χ0n) is 15.0. The molecule has 8 heteroatoms. The number of hydrogen-bond donors (Lipinski definition) is 2. The van der Waals surface area contributed by atoms with Crippen molar-refractivity contribution in [1.29, 1.82) is 0 Å². The summed E-state index contributed by atoms with van der Waals surface area (Å²) in [5, 5.41) is 17.0. The van der Waals surface area contributed by atoms with Gasteiger partial charge in [-0.15, -0.1) is 0 Å². The molecule has 0 spiro atoms. The van der Waals surface area contributed by atoms with Gasteiger partial charge in [0.1, 0.15) is 6.04 Å². The van der Waals surface area contributed by atoms with E-state index in [2.05, 4.69) is 20.6 Å². The second kappa shape index (κ2) is 9.33. The van der Waals surface area contributed by atoms with Crippen LogP contribution in [0.15, 0.2) is 73.3 Å². The summed E-state index contributed by atoms with van der Waals surface area (Å²) < 4.78 is 0. The largest absolute Gasteiger partial charge is 0.350 e. The molecule has 0 fully saturated rings. The molecule has 2 N–H and O–H groups in total. The number of nitro groups is 1. The van der Waals surface area contributed by atoms with Crippen LogP contribution in [0.2, 0.25) is 0 Å². The molecule has 0 bridgehead atoms. The maximum absolute atomic E-state index is 12.8. The lowest BCUT2D eigenvalue weighted by atomic mass is 10.0. The average Bonchev–Trinajstić information content (AvgIpc) is 2.74. The van der Waals surface area contributed by atoms with Crippen LogP contribution in [0.25, 0.3) is 0 Å². The molecule has 1 atom stereocenters. The van der Waals surface area contributed by atoms with Crippen molar-refractivity contribution >= 4 is 11.6 Å². The minimum absolute atomic E-state index is 0.0213. The number of nitro benzene ring substituents is 1. The Kier molecular flexibility index (Phi) is 6.37. The van der Waals surface area contributed by atoms with Crippen LogP contribution < -0.4 is 10.6 Å². The van der Waals surface area contributed by atoms with Gasteiger partial charge >= 0.3 is 0 Å². The Morgan fingerprint density at radius 2 is 1.71 bits per heavy atom. The fraction of sp³-hybridized carbons (Fsp3) is 0.150. The molecule has 0 aliphatic rings. The van der Waals surface area contributed by atoms with Crippen LogP contribution in [0, 0.1) is 10.1 Å². The van der Waals surface area contributed by atoms with Crippen LogP contribution in [0.1, 0.15) is 22.7 Å². The minimum Gasteiger partial charge on any atom is -0.350 e. The third kappa shape index (κ3) is 5.18. The summed E-state index contributed by atoms with van der Waals surface area (Å²) in [6, 6.07) is 12.7. The molecule has 142 valence electrons. The number of nitrogens with zero attached hydrogens (tertiary/aromatic N) is 3. The Morgan fingerprint density at radius 1 is 0.964 bits per heavy atom. The summed E-state index contributed by atoms with van der Waals surface area (Å²) >= 11 is 0. The molecular formula is C20H19N5O3. The van der Waals surface area contributed by atoms with E-state index in [0.717, 1.165) is 11.1 Å². The van der Waals surface area contributed by atoms with E-state index in [4.69, 9.17) is 0 Å². The van der Waals surface area contributed by atoms with Crippen molar-refractivity contribution < 1.29 is 9.72 Å². The van der Waals surface area contributed by atoms with Crippen molar-refractivity contribution in [3.63, 3.8) is 0 Å². The third-order valence-electron chi connectivity index (χ3n) is 4.15. The van der Waals surface area contributed by atoms with Crippen molar-refractivity contribution in [3.05, 3.63) is 100 Å². The molecule has 0 saturated heterocycles. The van der Waals surface area contributed by atoms with Gasteiger partial charge in [-0.25, -0.2) is 0 Å². The summed E-state index contributed by atoms with van der Waals surface area (Å²) in [6.45, 7) is 0.789. The third-order valence-corrected chi connectivity index (χ3v) is 4.15. The minimum atomic E-state index is -0.664. The molecule has 1 unspecified atom stereocenters. The second-order valence-corrected chi connectivity index (χ2v) is 6.10. The molecule has 0 radical (unpaired) electrons. The first-order valence-electron chi connectivity index (χ1n) is 8.67. The summed E-state index contributed by atoms with van der Waals surface area (Å²) in [4.78, 5) is 31.3. The van der Waals surface area contributed by atoms with Gasteiger partial charge in [-0.2, -0.15) is 0 Å². The molecule has 3 rings (SSSR count). The van der Waals surface area contributed by atoms with Gasteiger partial charge in [0.05, 0.1) is 4.92 Å². The highest BCUT2D eigenvalue weighted by Crippen LogP contribution is 2.19. The Bertz CT molecular complexity index is 918.